The highest BCUT2D eigenvalue weighted by atomic mass is 16.5. The quantitative estimate of drug-likeness (QED) is 0.750. The number of ether oxygens (including phenoxy) is 1. The largest absolute Gasteiger partial charge is 0.495 e. The van der Waals surface area contributed by atoms with Gasteiger partial charge in [-0.05, 0) is 18.6 Å². The zero-order chi connectivity index (χ0) is 11.9. The Morgan fingerprint density at radius 1 is 1.41 bits per heavy atom. The lowest BCUT2D eigenvalue weighted by Gasteiger charge is -2.39. The van der Waals surface area contributed by atoms with Gasteiger partial charge in [-0.2, -0.15) is 0 Å². The highest BCUT2D eigenvalue weighted by Crippen LogP contribution is 2.38. The van der Waals surface area contributed by atoms with E-state index < -0.39 is 0 Å². The molecule has 0 unspecified atom stereocenters. The molecule has 3 rings (SSSR count). The van der Waals surface area contributed by atoms with Gasteiger partial charge in [0.2, 0.25) is 0 Å². The number of nitrogens with one attached hydrogen (secondary N) is 1. The minimum atomic E-state index is 0.522. The van der Waals surface area contributed by atoms with E-state index in [1.807, 2.05) is 12.1 Å². The van der Waals surface area contributed by atoms with Gasteiger partial charge in [0.05, 0.1) is 12.8 Å². The van der Waals surface area contributed by atoms with Gasteiger partial charge in [0.1, 0.15) is 5.75 Å². The van der Waals surface area contributed by atoms with Crippen molar-refractivity contribution < 1.29 is 4.74 Å². The van der Waals surface area contributed by atoms with Gasteiger partial charge in [0, 0.05) is 43.3 Å². The Bertz CT molecular complexity index is 429. The summed E-state index contributed by atoms with van der Waals surface area (Å²) in [5.74, 6) is 0.773. The summed E-state index contributed by atoms with van der Waals surface area (Å²) in [6.07, 6.45) is 1.28. The zero-order valence-electron chi connectivity index (χ0n) is 10.2. The zero-order valence-corrected chi connectivity index (χ0v) is 10.2. The van der Waals surface area contributed by atoms with Crippen LogP contribution in [-0.2, 0) is 0 Å². The summed E-state index contributed by atoms with van der Waals surface area (Å²) in [6, 6.07) is 6.06. The first-order valence-electron chi connectivity index (χ1n) is 6.12. The second kappa shape index (κ2) is 3.81. The number of rotatable bonds is 2. The lowest BCUT2D eigenvalue weighted by Crippen LogP contribution is -2.54. The molecule has 0 bridgehead atoms. The van der Waals surface area contributed by atoms with Crippen LogP contribution in [-0.4, -0.2) is 33.3 Å². The average molecular weight is 233 g/mol. The van der Waals surface area contributed by atoms with Crippen molar-refractivity contribution >= 4 is 11.4 Å². The summed E-state index contributed by atoms with van der Waals surface area (Å²) in [7, 11) is 1.66. The van der Waals surface area contributed by atoms with Crippen molar-refractivity contribution in [1.82, 2.24) is 5.32 Å². The Hall–Kier alpha value is -1.42. The van der Waals surface area contributed by atoms with Crippen LogP contribution in [0, 0.1) is 5.41 Å². The fourth-order valence-electron chi connectivity index (χ4n) is 2.82. The van der Waals surface area contributed by atoms with E-state index in [0.717, 1.165) is 31.9 Å². The smallest absolute Gasteiger partial charge is 0.143 e. The van der Waals surface area contributed by atoms with Crippen molar-refractivity contribution in [3.63, 3.8) is 0 Å². The molecule has 1 aromatic rings. The maximum absolute atomic E-state index is 5.84. The molecular weight excluding hydrogens is 214 g/mol. The molecule has 4 nitrogen and oxygen atoms in total. The number of nitrogens with two attached hydrogens (primary N) is 1. The van der Waals surface area contributed by atoms with Gasteiger partial charge in [0.15, 0.2) is 0 Å². The number of benzene rings is 1. The van der Waals surface area contributed by atoms with Crippen LogP contribution in [0.15, 0.2) is 18.2 Å². The molecule has 2 saturated heterocycles. The summed E-state index contributed by atoms with van der Waals surface area (Å²) in [6.45, 7) is 4.60. The molecule has 2 fully saturated rings. The van der Waals surface area contributed by atoms with E-state index in [4.69, 9.17) is 10.5 Å². The predicted molar refractivity (Wildman–Crippen MR) is 69.5 cm³/mol. The maximum Gasteiger partial charge on any atom is 0.143 e. The van der Waals surface area contributed by atoms with Crippen molar-refractivity contribution in [2.75, 3.05) is 43.9 Å². The van der Waals surface area contributed by atoms with Gasteiger partial charge < -0.3 is 20.7 Å². The van der Waals surface area contributed by atoms with Crippen LogP contribution in [0.25, 0.3) is 0 Å². The second-order valence-electron chi connectivity index (χ2n) is 5.20. The van der Waals surface area contributed by atoms with Crippen LogP contribution in [0.4, 0.5) is 11.4 Å². The van der Waals surface area contributed by atoms with Gasteiger partial charge in [-0.3, -0.25) is 0 Å². The molecule has 4 heteroatoms. The van der Waals surface area contributed by atoms with Crippen LogP contribution in [0.2, 0.25) is 0 Å². The van der Waals surface area contributed by atoms with E-state index in [1.54, 1.807) is 7.11 Å². The minimum absolute atomic E-state index is 0.522. The van der Waals surface area contributed by atoms with Crippen LogP contribution < -0.4 is 20.7 Å². The molecule has 17 heavy (non-hydrogen) atoms. The van der Waals surface area contributed by atoms with Crippen molar-refractivity contribution in [3.8, 4) is 5.75 Å². The van der Waals surface area contributed by atoms with Gasteiger partial charge >= 0.3 is 0 Å². The van der Waals surface area contributed by atoms with E-state index in [9.17, 15) is 0 Å². The Labute approximate surface area is 102 Å². The lowest BCUT2D eigenvalue weighted by atomic mass is 9.81. The van der Waals surface area contributed by atoms with Crippen molar-refractivity contribution in [2.24, 2.45) is 5.41 Å². The van der Waals surface area contributed by atoms with E-state index in [1.165, 1.54) is 12.1 Å². The first-order chi connectivity index (χ1) is 8.22. The molecule has 0 atom stereocenters. The predicted octanol–water partition coefficient (Wildman–Crippen LogP) is 1.08. The van der Waals surface area contributed by atoms with Crippen LogP contribution >= 0.6 is 0 Å². The summed E-state index contributed by atoms with van der Waals surface area (Å²) >= 11 is 0. The molecule has 1 aromatic carbocycles. The van der Waals surface area contributed by atoms with Gasteiger partial charge in [-0.25, -0.2) is 0 Å². The fourth-order valence-corrected chi connectivity index (χ4v) is 2.82. The number of anilines is 2. The number of nitrogen functional groups attached to an aromatic ring is 1. The minimum Gasteiger partial charge on any atom is -0.495 e. The lowest BCUT2D eigenvalue weighted by molar-refractivity contribution is 0.200. The van der Waals surface area contributed by atoms with Crippen LogP contribution in [0.3, 0.4) is 0 Å². The van der Waals surface area contributed by atoms with Crippen LogP contribution in [0.5, 0.6) is 5.75 Å². The highest BCUT2D eigenvalue weighted by molar-refractivity contribution is 5.62. The third-order valence-electron chi connectivity index (χ3n) is 4.02. The first kappa shape index (κ1) is 10.7. The molecule has 0 amide bonds. The first-order valence-corrected chi connectivity index (χ1v) is 6.12. The normalized spacial score (nSPS) is 21.6. The monoisotopic (exact) mass is 233 g/mol. The molecular formula is C13H19N3O. The molecule has 3 N–H and O–H groups in total. The maximum atomic E-state index is 5.84. The standard InChI is InChI=1S/C13H19N3O/c1-17-12-6-10(2-3-11(12)14)16-5-4-13(9-16)7-15-8-13/h2-3,6,15H,4-5,7-9,14H2,1H3. The Morgan fingerprint density at radius 2 is 2.24 bits per heavy atom. The topological polar surface area (TPSA) is 50.5 Å². The third kappa shape index (κ3) is 1.72. The molecule has 2 heterocycles. The van der Waals surface area contributed by atoms with E-state index in [0.29, 0.717) is 11.1 Å². The Kier molecular flexibility index (Phi) is 2.40. The molecule has 0 aromatic heterocycles. The average Bonchev–Trinajstić information content (AvgIpc) is 2.74. The molecule has 0 saturated carbocycles. The second-order valence-corrected chi connectivity index (χ2v) is 5.20. The number of nitrogens with zero attached hydrogens (tertiary/aromatic N) is 1. The Morgan fingerprint density at radius 3 is 2.82 bits per heavy atom. The molecule has 1 spiro atoms. The third-order valence-corrected chi connectivity index (χ3v) is 4.02. The summed E-state index contributed by atoms with van der Waals surface area (Å²) in [4.78, 5) is 2.43. The van der Waals surface area contributed by atoms with Gasteiger partial charge in [-0.15, -0.1) is 0 Å². The van der Waals surface area contributed by atoms with E-state index >= 15 is 0 Å². The molecule has 0 aliphatic carbocycles. The molecule has 92 valence electrons. The van der Waals surface area contributed by atoms with Gasteiger partial charge in [-0.1, -0.05) is 0 Å². The van der Waals surface area contributed by atoms with Crippen molar-refractivity contribution in [2.45, 2.75) is 6.42 Å². The van der Waals surface area contributed by atoms with Crippen LogP contribution in [0.1, 0.15) is 6.42 Å². The molecule has 2 aliphatic heterocycles. The SMILES string of the molecule is COc1cc(N2CCC3(CNC3)C2)ccc1N. The summed E-state index contributed by atoms with van der Waals surface area (Å²) in [5.41, 5.74) is 8.28. The van der Waals surface area contributed by atoms with Crippen molar-refractivity contribution in [1.29, 1.82) is 0 Å². The highest BCUT2D eigenvalue weighted by Gasteiger charge is 2.42. The number of methoxy groups -OCH3 is 1. The summed E-state index contributed by atoms with van der Waals surface area (Å²) < 4.78 is 5.27. The molecule has 2 aliphatic rings. The summed E-state index contributed by atoms with van der Waals surface area (Å²) in [5, 5.41) is 3.38. The van der Waals surface area contributed by atoms with E-state index in [2.05, 4.69) is 16.3 Å². The van der Waals surface area contributed by atoms with Crippen molar-refractivity contribution in [3.05, 3.63) is 18.2 Å². The fraction of sp³-hybridized carbons (Fsp3) is 0.538. The number of hydrogen-bond donors (Lipinski definition) is 2. The number of hydrogen-bond acceptors (Lipinski definition) is 4. The van der Waals surface area contributed by atoms with E-state index in [-0.39, 0.29) is 0 Å². The molecule has 0 radical (unpaired) electrons. The van der Waals surface area contributed by atoms with Gasteiger partial charge in [0.25, 0.3) is 0 Å². The Balaban J connectivity index is 1.80.